The molecule has 1 saturated carbocycles. The molecular weight excluding hydrogens is 393 g/mol. The highest BCUT2D eigenvalue weighted by Gasteiger charge is 2.47. The van der Waals surface area contributed by atoms with Crippen LogP contribution in [-0.4, -0.2) is 18.8 Å². The fourth-order valence-corrected chi connectivity index (χ4v) is 6.65. The number of nitrogens with one attached hydrogen (secondary N) is 1. The van der Waals surface area contributed by atoms with Crippen molar-refractivity contribution in [2.75, 3.05) is 13.2 Å². The first kappa shape index (κ1) is 20.2. The van der Waals surface area contributed by atoms with E-state index in [2.05, 4.69) is 35.0 Å². The van der Waals surface area contributed by atoms with Crippen molar-refractivity contribution in [2.24, 2.45) is 0 Å². The second-order valence-electron chi connectivity index (χ2n) is 9.14. The zero-order valence-electron chi connectivity index (χ0n) is 17.5. The Morgan fingerprint density at radius 1 is 1.00 bits per heavy atom. The van der Waals surface area contributed by atoms with Crippen LogP contribution in [0, 0.1) is 5.82 Å². The van der Waals surface area contributed by atoms with Crippen molar-refractivity contribution in [3.05, 3.63) is 70.9 Å². The van der Waals surface area contributed by atoms with Gasteiger partial charge in [-0.25, -0.2) is 4.39 Å². The largest absolute Gasteiger partial charge is 0.375 e. The van der Waals surface area contributed by atoms with Crippen LogP contribution in [0.1, 0.15) is 56.1 Å². The first-order valence-electron chi connectivity index (χ1n) is 11.2. The zero-order valence-corrected chi connectivity index (χ0v) is 18.3. The first-order chi connectivity index (χ1) is 14.7. The average molecular weight is 424 g/mol. The fraction of sp³-hybridized carbons (Fsp3) is 0.462. The summed E-state index contributed by atoms with van der Waals surface area (Å²) in [4.78, 5) is 0. The highest BCUT2D eigenvalue weighted by atomic mass is 32.1. The number of rotatable bonds is 6. The number of benzene rings is 2. The maximum absolute atomic E-state index is 13.6. The van der Waals surface area contributed by atoms with Crippen molar-refractivity contribution in [3.8, 4) is 0 Å². The van der Waals surface area contributed by atoms with Gasteiger partial charge in [-0.15, -0.1) is 11.3 Å². The van der Waals surface area contributed by atoms with E-state index in [-0.39, 0.29) is 16.8 Å². The van der Waals surface area contributed by atoms with Gasteiger partial charge in [0, 0.05) is 23.3 Å². The van der Waals surface area contributed by atoms with Crippen molar-refractivity contribution < 1.29 is 9.13 Å². The summed E-state index contributed by atoms with van der Waals surface area (Å²) in [7, 11) is 0. The van der Waals surface area contributed by atoms with Gasteiger partial charge in [0.1, 0.15) is 5.82 Å². The van der Waals surface area contributed by atoms with Crippen LogP contribution in [-0.2, 0) is 16.7 Å². The number of hydrogen-bond acceptors (Lipinski definition) is 3. The molecule has 2 fully saturated rings. The number of hydrogen-bond donors (Lipinski definition) is 1. The maximum atomic E-state index is 13.6. The van der Waals surface area contributed by atoms with Crippen molar-refractivity contribution in [1.82, 2.24) is 5.32 Å². The molecule has 158 valence electrons. The van der Waals surface area contributed by atoms with E-state index >= 15 is 0 Å². The molecule has 3 aromatic rings. The van der Waals surface area contributed by atoms with Crippen LogP contribution < -0.4 is 5.32 Å². The van der Waals surface area contributed by atoms with Crippen LogP contribution >= 0.6 is 11.3 Å². The van der Waals surface area contributed by atoms with E-state index in [9.17, 15) is 4.39 Å². The fourth-order valence-electron chi connectivity index (χ4n) is 5.69. The Morgan fingerprint density at radius 2 is 1.80 bits per heavy atom. The lowest BCUT2D eigenvalue weighted by molar-refractivity contribution is -0.103. The van der Waals surface area contributed by atoms with Gasteiger partial charge in [-0.05, 0) is 78.7 Å². The molecule has 1 atom stereocenters. The second kappa shape index (κ2) is 8.41. The van der Waals surface area contributed by atoms with Gasteiger partial charge >= 0.3 is 0 Å². The Morgan fingerprint density at radius 3 is 2.63 bits per heavy atom. The molecular formula is C26H30FNOS. The van der Waals surface area contributed by atoms with Gasteiger partial charge < -0.3 is 10.1 Å². The average Bonchev–Trinajstić information content (AvgIpc) is 3.39. The van der Waals surface area contributed by atoms with Crippen LogP contribution in [0.4, 0.5) is 4.39 Å². The van der Waals surface area contributed by atoms with Crippen molar-refractivity contribution in [2.45, 2.75) is 62.5 Å². The summed E-state index contributed by atoms with van der Waals surface area (Å²) >= 11 is 1.82. The number of halogens is 1. The highest BCUT2D eigenvalue weighted by Crippen LogP contribution is 2.50. The third kappa shape index (κ3) is 3.93. The highest BCUT2D eigenvalue weighted by molar-refractivity contribution is 7.17. The van der Waals surface area contributed by atoms with E-state index in [1.165, 1.54) is 46.9 Å². The summed E-state index contributed by atoms with van der Waals surface area (Å²) in [5, 5.41) is 7.34. The minimum atomic E-state index is -0.154. The molecule has 4 heteroatoms. The van der Waals surface area contributed by atoms with E-state index in [0.717, 1.165) is 39.0 Å². The standard InChI is InChI=1S/C26H30FNOS/c27-22-9-7-21(8-10-22)25(14-16-29-26(19-25)11-3-4-12-26)13-15-28-17-20-18-30-24-6-2-1-5-23(20)24/h1-2,5-10,18,28H,3-4,11-17,19H2/t25-/m1/s1. The van der Waals surface area contributed by atoms with Gasteiger partial charge in [-0.2, -0.15) is 0 Å². The lowest BCUT2D eigenvalue weighted by Crippen LogP contribution is -2.47. The molecule has 1 N–H and O–H groups in total. The lowest BCUT2D eigenvalue weighted by atomic mass is 9.66. The number of ether oxygens (including phenoxy) is 1. The summed E-state index contributed by atoms with van der Waals surface area (Å²) in [5.41, 5.74) is 2.77. The Hall–Kier alpha value is -1.75. The normalized spacial score (nSPS) is 23.4. The zero-order chi connectivity index (χ0) is 20.4. The van der Waals surface area contributed by atoms with Gasteiger partial charge in [0.2, 0.25) is 0 Å². The van der Waals surface area contributed by atoms with E-state index < -0.39 is 0 Å². The molecule has 2 aliphatic rings. The topological polar surface area (TPSA) is 21.3 Å². The second-order valence-corrected chi connectivity index (χ2v) is 10.0. The monoisotopic (exact) mass is 423 g/mol. The molecule has 0 bridgehead atoms. The summed E-state index contributed by atoms with van der Waals surface area (Å²) in [6.07, 6.45) is 8.02. The minimum absolute atomic E-state index is 0.0379. The Kier molecular flexibility index (Phi) is 5.65. The Bertz CT molecular complexity index is 992. The Balaban J connectivity index is 1.31. The molecule has 1 saturated heterocycles. The molecule has 1 spiro atoms. The van der Waals surface area contributed by atoms with Crippen molar-refractivity contribution in [3.63, 3.8) is 0 Å². The van der Waals surface area contributed by atoms with Crippen molar-refractivity contribution in [1.29, 1.82) is 0 Å². The molecule has 2 heterocycles. The van der Waals surface area contributed by atoms with Crippen molar-refractivity contribution >= 4 is 21.4 Å². The molecule has 1 aromatic heterocycles. The smallest absolute Gasteiger partial charge is 0.123 e. The first-order valence-corrected chi connectivity index (χ1v) is 12.1. The predicted octanol–water partition coefficient (Wildman–Crippen LogP) is 6.58. The summed E-state index contributed by atoms with van der Waals surface area (Å²) < 4.78 is 21.3. The van der Waals surface area contributed by atoms with E-state index in [1.807, 2.05) is 23.5 Å². The van der Waals surface area contributed by atoms with Gasteiger partial charge in [0.15, 0.2) is 0 Å². The number of fused-ring (bicyclic) bond motifs is 1. The van der Waals surface area contributed by atoms with E-state index in [1.54, 1.807) is 12.1 Å². The van der Waals surface area contributed by atoms with Gasteiger partial charge in [-0.3, -0.25) is 0 Å². The van der Waals surface area contributed by atoms with Crippen LogP contribution in [0.25, 0.3) is 10.1 Å². The summed E-state index contributed by atoms with van der Waals surface area (Å²) in [5.74, 6) is -0.154. The van der Waals surface area contributed by atoms with Crippen LogP contribution in [0.5, 0.6) is 0 Å². The summed E-state index contributed by atoms with van der Waals surface area (Å²) in [6.45, 7) is 2.66. The molecule has 5 rings (SSSR count). The Labute approximate surface area is 182 Å². The van der Waals surface area contributed by atoms with Crippen LogP contribution in [0.2, 0.25) is 0 Å². The third-order valence-electron chi connectivity index (χ3n) is 7.28. The molecule has 1 aliphatic heterocycles. The molecule has 30 heavy (non-hydrogen) atoms. The summed E-state index contributed by atoms with van der Waals surface area (Å²) in [6, 6.07) is 15.9. The molecule has 0 unspecified atom stereocenters. The quantitative estimate of drug-likeness (QED) is 0.452. The molecule has 2 nitrogen and oxygen atoms in total. The van der Waals surface area contributed by atoms with Gasteiger partial charge in [-0.1, -0.05) is 43.2 Å². The lowest BCUT2D eigenvalue weighted by Gasteiger charge is -2.47. The SMILES string of the molecule is Fc1ccc([C@]2(CCNCc3csc4ccccc34)CCOC3(CCCC3)C2)cc1. The minimum Gasteiger partial charge on any atom is -0.375 e. The molecule has 0 amide bonds. The van der Waals surface area contributed by atoms with Gasteiger partial charge in [0.05, 0.1) is 5.60 Å². The predicted molar refractivity (Wildman–Crippen MR) is 123 cm³/mol. The molecule has 0 radical (unpaired) electrons. The molecule has 2 aromatic carbocycles. The van der Waals surface area contributed by atoms with Crippen LogP contribution in [0.3, 0.4) is 0 Å². The van der Waals surface area contributed by atoms with E-state index in [0.29, 0.717) is 0 Å². The van der Waals surface area contributed by atoms with Crippen LogP contribution in [0.15, 0.2) is 53.9 Å². The third-order valence-corrected chi connectivity index (χ3v) is 8.29. The van der Waals surface area contributed by atoms with E-state index in [4.69, 9.17) is 4.74 Å². The van der Waals surface area contributed by atoms with Gasteiger partial charge in [0.25, 0.3) is 0 Å². The number of thiophene rings is 1. The maximum Gasteiger partial charge on any atom is 0.123 e. The molecule has 1 aliphatic carbocycles.